The number of hydrogen-bond donors (Lipinski definition) is 2. The summed E-state index contributed by atoms with van der Waals surface area (Å²) in [6.45, 7) is 3.56. The molecule has 25 heavy (non-hydrogen) atoms. The monoisotopic (exact) mass is 422 g/mol. The molecule has 1 aliphatic heterocycles. The molecule has 2 N–H and O–H groups in total. The zero-order valence-corrected chi connectivity index (χ0v) is 16.2. The van der Waals surface area contributed by atoms with E-state index < -0.39 is 6.04 Å². The molecule has 1 fully saturated rings. The molecule has 0 bridgehead atoms. The van der Waals surface area contributed by atoms with E-state index in [4.69, 9.17) is 0 Å². The average Bonchev–Trinajstić information content (AvgIpc) is 3.26. The van der Waals surface area contributed by atoms with Gasteiger partial charge in [0.05, 0.1) is 14.4 Å². The first-order chi connectivity index (χ1) is 12.0. The first-order valence-corrected chi connectivity index (χ1v) is 9.72. The smallest absolute Gasteiger partial charge is 0.262 e. The molecule has 1 aliphatic rings. The minimum atomic E-state index is -0.653. The number of hydrogen-bond acceptors (Lipinski definition) is 5. The molecular weight excluding hydrogens is 404 g/mol. The van der Waals surface area contributed by atoms with Gasteiger partial charge in [0.1, 0.15) is 6.04 Å². The second-order valence-corrected chi connectivity index (χ2v) is 8.32. The third kappa shape index (κ3) is 4.38. The Bertz CT molecular complexity index is 774. The zero-order chi connectivity index (χ0) is 17.8. The number of amides is 2. The van der Waals surface area contributed by atoms with Crippen LogP contribution in [0.5, 0.6) is 0 Å². The number of anilines is 2. The Morgan fingerprint density at radius 3 is 2.72 bits per heavy atom. The summed E-state index contributed by atoms with van der Waals surface area (Å²) in [4.78, 5) is 31.8. The summed E-state index contributed by atoms with van der Waals surface area (Å²) in [6, 6.07) is 6.51. The lowest BCUT2D eigenvalue weighted by Gasteiger charge is -2.21. The fourth-order valence-corrected chi connectivity index (χ4v) is 3.98. The van der Waals surface area contributed by atoms with E-state index in [0.717, 1.165) is 35.5 Å². The summed E-state index contributed by atoms with van der Waals surface area (Å²) in [5, 5.41) is 5.61. The minimum Gasteiger partial charge on any atom is -0.355 e. The molecule has 1 atom stereocenters. The van der Waals surface area contributed by atoms with E-state index in [2.05, 4.69) is 36.4 Å². The predicted molar refractivity (Wildman–Crippen MR) is 103 cm³/mol. The van der Waals surface area contributed by atoms with Crippen molar-refractivity contribution in [3.63, 3.8) is 0 Å². The topological polar surface area (TPSA) is 74.3 Å². The van der Waals surface area contributed by atoms with Crippen molar-refractivity contribution in [2.75, 3.05) is 23.3 Å². The quantitative estimate of drug-likeness (QED) is 0.775. The maximum atomic E-state index is 12.5. The van der Waals surface area contributed by atoms with Crippen LogP contribution in [0.15, 0.2) is 34.2 Å². The van der Waals surface area contributed by atoms with Crippen LogP contribution in [0.1, 0.15) is 29.4 Å². The fraction of sp³-hybridized carbons (Fsp3) is 0.353. The van der Waals surface area contributed by atoms with Crippen molar-refractivity contribution in [3.05, 3.63) is 39.1 Å². The average molecular weight is 423 g/mol. The number of rotatable bonds is 5. The third-order valence-electron chi connectivity index (χ3n) is 3.99. The lowest BCUT2D eigenvalue weighted by molar-refractivity contribution is -0.117. The Balaban J connectivity index is 1.64. The van der Waals surface area contributed by atoms with Crippen molar-refractivity contribution in [2.24, 2.45) is 0 Å². The number of pyridine rings is 1. The highest BCUT2D eigenvalue weighted by Crippen LogP contribution is 2.26. The molecule has 2 amide bonds. The van der Waals surface area contributed by atoms with Crippen LogP contribution >= 0.6 is 27.3 Å². The van der Waals surface area contributed by atoms with Crippen molar-refractivity contribution in [3.8, 4) is 0 Å². The van der Waals surface area contributed by atoms with Crippen LogP contribution < -0.4 is 15.5 Å². The van der Waals surface area contributed by atoms with Gasteiger partial charge < -0.3 is 15.5 Å². The van der Waals surface area contributed by atoms with Gasteiger partial charge in [0, 0.05) is 19.3 Å². The summed E-state index contributed by atoms with van der Waals surface area (Å²) in [5.41, 5.74) is 0.675. The fourth-order valence-electron chi connectivity index (χ4n) is 2.69. The van der Waals surface area contributed by atoms with Gasteiger partial charge in [0.2, 0.25) is 5.91 Å². The molecular formula is C17H19BrN4O2S. The molecule has 132 valence electrons. The first-order valence-electron chi connectivity index (χ1n) is 8.11. The van der Waals surface area contributed by atoms with Gasteiger partial charge in [-0.2, -0.15) is 0 Å². The van der Waals surface area contributed by atoms with Crippen molar-refractivity contribution in [2.45, 2.75) is 25.8 Å². The number of nitrogens with one attached hydrogen (secondary N) is 2. The Labute approximate surface area is 158 Å². The van der Waals surface area contributed by atoms with E-state index in [0.29, 0.717) is 10.6 Å². The SMILES string of the molecule is CC(NC(=O)c1ccc(Br)s1)C(=O)Nc1cccnc1N1CCCC1. The molecule has 1 unspecified atom stereocenters. The van der Waals surface area contributed by atoms with Gasteiger partial charge in [-0.25, -0.2) is 4.98 Å². The molecule has 0 radical (unpaired) electrons. The van der Waals surface area contributed by atoms with Crippen molar-refractivity contribution >= 4 is 50.6 Å². The van der Waals surface area contributed by atoms with E-state index >= 15 is 0 Å². The van der Waals surface area contributed by atoms with Crippen LogP contribution in [0.4, 0.5) is 11.5 Å². The number of carbonyl (C=O) groups is 2. The maximum absolute atomic E-state index is 12.5. The summed E-state index contributed by atoms with van der Waals surface area (Å²) in [7, 11) is 0. The lowest BCUT2D eigenvalue weighted by Crippen LogP contribution is -2.41. The van der Waals surface area contributed by atoms with E-state index in [9.17, 15) is 9.59 Å². The molecule has 3 rings (SSSR count). The highest BCUT2D eigenvalue weighted by atomic mass is 79.9. The van der Waals surface area contributed by atoms with Crippen LogP contribution in [0.3, 0.4) is 0 Å². The Kier molecular flexibility index (Phi) is 5.70. The molecule has 0 spiro atoms. The number of aromatic nitrogens is 1. The second kappa shape index (κ2) is 7.97. The molecule has 1 saturated heterocycles. The Morgan fingerprint density at radius 2 is 2.04 bits per heavy atom. The van der Waals surface area contributed by atoms with Crippen molar-refractivity contribution in [1.29, 1.82) is 0 Å². The number of halogens is 1. The van der Waals surface area contributed by atoms with Gasteiger partial charge >= 0.3 is 0 Å². The second-order valence-electron chi connectivity index (χ2n) is 5.86. The maximum Gasteiger partial charge on any atom is 0.262 e. The van der Waals surface area contributed by atoms with E-state index in [1.165, 1.54) is 11.3 Å². The molecule has 3 heterocycles. The Morgan fingerprint density at radius 1 is 1.28 bits per heavy atom. The first kappa shape index (κ1) is 17.9. The van der Waals surface area contributed by atoms with Crippen LogP contribution in [0, 0.1) is 0 Å². The van der Waals surface area contributed by atoms with Crippen molar-refractivity contribution < 1.29 is 9.59 Å². The van der Waals surface area contributed by atoms with E-state index in [1.54, 1.807) is 25.3 Å². The molecule has 8 heteroatoms. The lowest BCUT2D eigenvalue weighted by atomic mass is 10.2. The van der Waals surface area contributed by atoms with Crippen LogP contribution in [0.2, 0.25) is 0 Å². The van der Waals surface area contributed by atoms with Gasteiger partial charge in [0.25, 0.3) is 5.91 Å². The van der Waals surface area contributed by atoms with Gasteiger partial charge in [-0.15, -0.1) is 11.3 Å². The largest absolute Gasteiger partial charge is 0.355 e. The number of thiophene rings is 1. The highest BCUT2D eigenvalue weighted by molar-refractivity contribution is 9.11. The van der Waals surface area contributed by atoms with Crippen LogP contribution in [-0.4, -0.2) is 35.9 Å². The van der Waals surface area contributed by atoms with Gasteiger partial charge in [-0.3, -0.25) is 9.59 Å². The standard InChI is InChI=1S/C17H19BrN4O2S/c1-11(20-17(24)13-6-7-14(18)25-13)16(23)21-12-5-4-8-19-15(12)22-9-2-3-10-22/h4-8,11H,2-3,9-10H2,1H3,(H,20,24)(H,21,23). The van der Waals surface area contributed by atoms with Gasteiger partial charge in [0.15, 0.2) is 5.82 Å². The minimum absolute atomic E-state index is 0.260. The summed E-state index contributed by atoms with van der Waals surface area (Å²) in [5.74, 6) is 0.260. The van der Waals surface area contributed by atoms with E-state index in [-0.39, 0.29) is 11.8 Å². The summed E-state index contributed by atoms with van der Waals surface area (Å²) in [6.07, 6.45) is 3.99. The zero-order valence-electron chi connectivity index (χ0n) is 13.8. The van der Waals surface area contributed by atoms with Crippen LogP contribution in [0.25, 0.3) is 0 Å². The predicted octanol–water partition coefficient (Wildman–Crippen LogP) is 3.26. The number of carbonyl (C=O) groups excluding carboxylic acids is 2. The normalized spacial score (nSPS) is 15.0. The van der Waals surface area contributed by atoms with Gasteiger partial charge in [-0.1, -0.05) is 0 Å². The third-order valence-corrected chi connectivity index (χ3v) is 5.61. The Hall–Kier alpha value is -1.93. The summed E-state index contributed by atoms with van der Waals surface area (Å²) < 4.78 is 0.875. The molecule has 2 aromatic rings. The van der Waals surface area contributed by atoms with Gasteiger partial charge in [-0.05, 0) is 60.0 Å². The van der Waals surface area contributed by atoms with Crippen molar-refractivity contribution in [1.82, 2.24) is 10.3 Å². The van der Waals surface area contributed by atoms with E-state index in [1.807, 2.05) is 12.1 Å². The molecule has 6 nitrogen and oxygen atoms in total. The molecule has 0 aromatic carbocycles. The molecule has 0 saturated carbocycles. The van der Waals surface area contributed by atoms with Crippen LogP contribution in [-0.2, 0) is 4.79 Å². The molecule has 2 aromatic heterocycles. The summed E-state index contributed by atoms with van der Waals surface area (Å²) >= 11 is 4.66. The highest BCUT2D eigenvalue weighted by Gasteiger charge is 2.21. The number of nitrogens with zero attached hydrogens (tertiary/aromatic N) is 2. The molecule has 0 aliphatic carbocycles.